The van der Waals surface area contributed by atoms with Gasteiger partial charge in [0.05, 0.1) is 5.52 Å². The highest BCUT2D eigenvalue weighted by molar-refractivity contribution is 5.96. The minimum absolute atomic E-state index is 0.108. The molecule has 0 saturated heterocycles. The van der Waals surface area contributed by atoms with Crippen LogP contribution in [-0.4, -0.2) is 22.0 Å². The standard InChI is InChI=1S/C14H13NO4/c1-2-5-12(16)19-13-10(14(17)18)8-9-6-3-4-7-11(9)15-13/h3-4,6-8H,2,5H2,1H3,(H,17,18). The first-order valence-corrected chi connectivity index (χ1v) is 5.95. The molecule has 0 spiro atoms. The van der Waals surface area contributed by atoms with Crippen molar-refractivity contribution in [3.63, 3.8) is 0 Å². The first-order chi connectivity index (χ1) is 9.11. The Labute approximate surface area is 109 Å². The summed E-state index contributed by atoms with van der Waals surface area (Å²) in [5, 5.41) is 9.83. The van der Waals surface area contributed by atoms with Crippen LogP contribution in [0.3, 0.4) is 0 Å². The van der Waals surface area contributed by atoms with Crippen LogP contribution < -0.4 is 4.74 Å². The predicted molar refractivity (Wildman–Crippen MR) is 69.2 cm³/mol. The fourth-order valence-electron chi connectivity index (χ4n) is 1.69. The Morgan fingerprint density at radius 1 is 1.32 bits per heavy atom. The van der Waals surface area contributed by atoms with Gasteiger partial charge >= 0.3 is 11.9 Å². The number of fused-ring (bicyclic) bond motifs is 1. The molecule has 5 nitrogen and oxygen atoms in total. The maximum Gasteiger partial charge on any atom is 0.341 e. The molecule has 5 heteroatoms. The molecule has 0 aliphatic carbocycles. The number of aromatic carboxylic acids is 1. The molecule has 0 aliphatic heterocycles. The summed E-state index contributed by atoms with van der Waals surface area (Å²) in [6, 6.07) is 8.52. The van der Waals surface area contributed by atoms with Gasteiger partial charge in [-0.1, -0.05) is 25.1 Å². The Kier molecular flexibility index (Phi) is 3.75. The van der Waals surface area contributed by atoms with E-state index >= 15 is 0 Å². The van der Waals surface area contributed by atoms with Gasteiger partial charge in [0.1, 0.15) is 5.56 Å². The maximum absolute atomic E-state index is 11.5. The molecule has 1 aromatic carbocycles. The fraction of sp³-hybridized carbons (Fsp3) is 0.214. The van der Waals surface area contributed by atoms with E-state index in [-0.39, 0.29) is 17.9 Å². The van der Waals surface area contributed by atoms with E-state index in [1.165, 1.54) is 6.07 Å². The van der Waals surface area contributed by atoms with Gasteiger partial charge in [0, 0.05) is 11.8 Å². The summed E-state index contributed by atoms with van der Waals surface area (Å²) in [6.45, 7) is 1.84. The number of carbonyl (C=O) groups is 2. The highest BCUT2D eigenvalue weighted by Crippen LogP contribution is 2.22. The van der Waals surface area contributed by atoms with Gasteiger partial charge in [-0.3, -0.25) is 4.79 Å². The lowest BCUT2D eigenvalue weighted by Gasteiger charge is -2.07. The Hall–Kier alpha value is -2.43. The van der Waals surface area contributed by atoms with Crippen molar-refractivity contribution in [1.29, 1.82) is 0 Å². The molecule has 1 heterocycles. The van der Waals surface area contributed by atoms with Gasteiger partial charge < -0.3 is 9.84 Å². The number of ether oxygens (including phenoxy) is 1. The van der Waals surface area contributed by atoms with Gasteiger partial charge in [-0.2, -0.15) is 0 Å². The second-order valence-electron chi connectivity index (χ2n) is 4.06. The zero-order valence-corrected chi connectivity index (χ0v) is 10.4. The second kappa shape index (κ2) is 5.48. The third kappa shape index (κ3) is 2.88. The molecule has 2 rings (SSSR count). The number of carboxylic acids is 1. The molecule has 19 heavy (non-hydrogen) atoms. The number of benzene rings is 1. The summed E-state index contributed by atoms with van der Waals surface area (Å²) in [5.74, 6) is -1.80. The number of hydrogen-bond acceptors (Lipinski definition) is 4. The van der Waals surface area contributed by atoms with Crippen molar-refractivity contribution in [3.8, 4) is 5.88 Å². The topological polar surface area (TPSA) is 76.5 Å². The molecule has 1 N–H and O–H groups in total. The average molecular weight is 259 g/mol. The molecule has 0 bridgehead atoms. The summed E-state index contributed by atoms with van der Waals surface area (Å²) in [7, 11) is 0. The van der Waals surface area contributed by atoms with Gasteiger partial charge in [-0.15, -0.1) is 0 Å². The smallest absolute Gasteiger partial charge is 0.341 e. The van der Waals surface area contributed by atoms with Gasteiger partial charge in [0.25, 0.3) is 0 Å². The Morgan fingerprint density at radius 2 is 2.05 bits per heavy atom. The van der Waals surface area contributed by atoms with Crippen LogP contribution in [0.25, 0.3) is 10.9 Å². The molecule has 0 radical (unpaired) electrons. The molecule has 1 aromatic heterocycles. The molecule has 98 valence electrons. The monoisotopic (exact) mass is 259 g/mol. The van der Waals surface area contributed by atoms with Crippen molar-refractivity contribution < 1.29 is 19.4 Å². The number of nitrogens with zero attached hydrogens (tertiary/aromatic N) is 1. The number of para-hydroxylation sites is 1. The zero-order valence-electron chi connectivity index (χ0n) is 10.4. The molecule has 2 aromatic rings. The number of hydrogen-bond donors (Lipinski definition) is 1. The van der Waals surface area contributed by atoms with Crippen molar-refractivity contribution >= 4 is 22.8 Å². The quantitative estimate of drug-likeness (QED) is 0.854. The zero-order chi connectivity index (χ0) is 13.8. The highest BCUT2D eigenvalue weighted by atomic mass is 16.5. The van der Waals surface area contributed by atoms with Crippen molar-refractivity contribution in [2.75, 3.05) is 0 Å². The fourth-order valence-corrected chi connectivity index (χ4v) is 1.69. The average Bonchev–Trinajstić information content (AvgIpc) is 2.38. The van der Waals surface area contributed by atoms with E-state index in [0.29, 0.717) is 17.3 Å². The van der Waals surface area contributed by atoms with Crippen LogP contribution in [0.15, 0.2) is 30.3 Å². The summed E-state index contributed by atoms with van der Waals surface area (Å²) >= 11 is 0. The number of pyridine rings is 1. The molecule has 0 aliphatic rings. The van der Waals surface area contributed by atoms with Crippen molar-refractivity contribution in [2.24, 2.45) is 0 Å². The first kappa shape index (κ1) is 13.0. The lowest BCUT2D eigenvalue weighted by Crippen LogP contribution is -2.12. The minimum Gasteiger partial charge on any atom is -0.477 e. The van der Waals surface area contributed by atoms with Crippen LogP contribution in [0.2, 0.25) is 0 Å². The maximum atomic E-state index is 11.5. The van der Waals surface area contributed by atoms with Crippen molar-refractivity contribution in [2.45, 2.75) is 19.8 Å². The number of aromatic nitrogens is 1. The summed E-state index contributed by atoms with van der Waals surface area (Å²) in [5.41, 5.74) is 0.481. The van der Waals surface area contributed by atoms with Crippen LogP contribution >= 0.6 is 0 Å². The van der Waals surface area contributed by atoms with Crippen LogP contribution in [-0.2, 0) is 4.79 Å². The lowest BCUT2D eigenvalue weighted by molar-refractivity contribution is -0.134. The molecular formula is C14H13NO4. The van der Waals surface area contributed by atoms with E-state index < -0.39 is 11.9 Å². The van der Waals surface area contributed by atoms with Gasteiger partial charge in [-0.05, 0) is 18.6 Å². The second-order valence-corrected chi connectivity index (χ2v) is 4.06. The molecule has 0 amide bonds. The predicted octanol–water partition coefficient (Wildman–Crippen LogP) is 2.64. The van der Waals surface area contributed by atoms with Crippen LogP contribution in [0.1, 0.15) is 30.1 Å². The first-order valence-electron chi connectivity index (χ1n) is 5.95. The van der Waals surface area contributed by atoms with E-state index in [2.05, 4.69) is 4.98 Å². The van der Waals surface area contributed by atoms with Gasteiger partial charge in [0.2, 0.25) is 5.88 Å². The summed E-state index contributed by atoms with van der Waals surface area (Å²) in [6.07, 6.45) is 0.863. The van der Waals surface area contributed by atoms with Crippen LogP contribution in [0, 0.1) is 0 Å². The van der Waals surface area contributed by atoms with Crippen molar-refractivity contribution in [3.05, 3.63) is 35.9 Å². The Morgan fingerprint density at radius 3 is 2.74 bits per heavy atom. The lowest BCUT2D eigenvalue weighted by atomic mass is 10.1. The van der Waals surface area contributed by atoms with E-state index in [0.717, 1.165) is 0 Å². The third-order valence-corrected chi connectivity index (χ3v) is 2.58. The van der Waals surface area contributed by atoms with E-state index in [1.807, 2.05) is 6.92 Å². The molecule has 0 fully saturated rings. The number of esters is 1. The molecule has 0 unspecified atom stereocenters. The largest absolute Gasteiger partial charge is 0.477 e. The van der Waals surface area contributed by atoms with E-state index in [9.17, 15) is 9.59 Å². The summed E-state index contributed by atoms with van der Waals surface area (Å²) < 4.78 is 5.02. The molecule has 0 atom stereocenters. The van der Waals surface area contributed by atoms with Gasteiger partial charge in [0.15, 0.2) is 0 Å². The van der Waals surface area contributed by atoms with Crippen LogP contribution in [0.5, 0.6) is 5.88 Å². The molecule has 0 saturated carbocycles. The normalized spacial score (nSPS) is 10.4. The Balaban J connectivity index is 2.47. The van der Waals surface area contributed by atoms with Crippen LogP contribution in [0.4, 0.5) is 0 Å². The SMILES string of the molecule is CCCC(=O)Oc1nc2ccccc2cc1C(=O)O. The minimum atomic E-state index is -1.17. The van der Waals surface area contributed by atoms with Crippen molar-refractivity contribution in [1.82, 2.24) is 4.98 Å². The number of carbonyl (C=O) groups excluding carboxylic acids is 1. The third-order valence-electron chi connectivity index (χ3n) is 2.58. The van der Waals surface area contributed by atoms with E-state index in [4.69, 9.17) is 9.84 Å². The summed E-state index contributed by atoms with van der Waals surface area (Å²) in [4.78, 5) is 26.7. The number of rotatable bonds is 4. The van der Waals surface area contributed by atoms with E-state index in [1.54, 1.807) is 24.3 Å². The Bertz CT molecular complexity index is 636. The number of carboxylic acid groups (broad SMARTS) is 1. The van der Waals surface area contributed by atoms with Gasteiger partial charge in [-0.25, -0.2) is 9.78 Å². The highest BCUT2D eigenvalue weighted by Gasteiger charge is 2.17. The molecular weight excluding hydrogens is 246 g/mol.